The molecule has 0 nitrogen and oxygen atoms in total. The van der Waals surface area contributed by atoms with Crippen molar-refractivity contribution >= 4 is 0 Å². The van der Waals surface area contributed by atoms with E-state index < -0.39 is 0 Å². The van der Waals surface area contributed by atoms with Crippen LogP contribution in [0.25, 0.3) is 0 Å². The summed E-state index contributed by atoms with van der Waals surface area (Å²) in [5.41, 5.74) is 3.86. The van der Waals surface area contributed by atoms with Gasteiger partial charge in [-0.15, -0.1) is 6.58 Å². The predicted octanol–water partition coefficient (Wildman–Crippen LogP) is 9.22. The van der Waals surface area contributed by atoms with E-state index in [9.17, 15) is 0 Å². The van der Waals surface area contributed by atoms with E-state index in [1.54, 1.807) is 0 Å². The molecule has 0 unspecified atom stereocenters. The van der Waals surface area contributed by atoms with E-state index in [0.29, 0.717) is 27.1 Å². The van der Waals surface area contributed by atoms with E-state index in [2.05, 4.69) is 60.8 Å². The van der Waals surface area contributed by atoms with E-state index in [4.69, 9.17) is 0 Å². The van der Waals surface area contributed by atoms with Crippen LogP contribution in [0, 0.1) is 56.7 Å². The minimum atomic E-state index is 0.369. The Kier molecular flexibility index (Phi) is 4.86. The van der Waals surface area contributed by atoms with E-state index in [-0.39, 0.29) is 0 Å². The van der Waals surface area contributed by atoms with Crippen molar-refractivity contribution in [2.24, 2.45) is 56.7 Å². The third-order valence-corrected chi connectivity index (χ3v) is 13.3. The third kappa shape index (κ3) is 2.60. The molecule has 9 atom stereocenters. The Balaban J connectivity index is 1.55. The van der Waals surface area contributed by atoms with Crippen LogP contribution >= 0.6 is 0 Å². The monoisotopic (exact) mass is 422 g/mol. The molecule has 0 heterocycles. The zero-order valence-corrected chi connectivity index (χ0v) is 21.7. The van der Waals surface area contributed by atoms with Crippen LogP contribution < -0.4 is 0 Å². The Morgan fingerprint density at radius 3 is 2.06 bits per heavy atom. The van der Waals surface area contributed by atoms with Crippen molar-refractivity contribution in [2.45, 2.75) is 112 Å². The minimum absolute atomic E-state index is 0.369. The maximum atomic E-state index is 4.53. The van der Waals surface area contributed by atoms with E-state index in [1.807, 2.05) is 0 Å². The molecule has 0 aromatic rings. The molecule has 0 bridgehead atoms. The summed E-state index contributed by atoms with van der Waals surface area (Å²) in [6.07, 6.45) is 18.3. The van der Waals surface area contributed by atoms with Gasteiger partial charge in [-0.05, 0) is 128 Å². The SMILES string of the molecule is C=C[C@]12CC[C@H](C(=C)C)[C@@H]1CC[C@]1(C)[C@@H]2CC[C@@H]2[C@@]3(C)CCCC(C)(C)[C@@H]3CC[C@]21C. The summed E-state index contributed by atoms with van der Waals surface area (Å²) in [6, 6.07) is 0. The van der Waals surface area contributed by atoms with Crippen molar-refractivity contribution < 1.29 is 0 Å². The number of allylic oxidation sites excluding steroid dienone is 2. The zero-order chi connectivity index (χ0) is 22.4. The highest BCUT2D eigenvalue weighted by molar-refractivity contribution is 5.24. The fourth-order valence-electron chi connectivity index (χ4n) is 11.9. The van der Waals surface area contributed by atoms with Gasteiger partial charge >= 0.3 is 0 Å². The minimum Gasteiger partial charge on any atom is -0.103 e. The summed E-state index contributed by atoms with van der Waals surface area (Å²) >= 11 is 0. The average molecular weight is 423 g/mol. The van der Waals surface area contributed by atoms with Gasteiger partial charge in [0, 0.05) is 0 Å². The van der Waals surface area contributed by atoms with Crippen molar-refractivity contribution in [3.05, 3.63) is 24.8 Å². The molecular weight excluding hydrogens is 372 g/mol. The van der Waals surface area contributed by atoms with Crippen molar-refractivity contribution in [1.29, 1.82) is 0 Å². The fourth-order valence-corrected chi connectivity index (χ4v) is 11.9. The fraction of sp³-hybridized carbons (Fsp3) is 0.871. The second kappa shape index (κ2) is 6.76. The van der Waals surface area contributed by atoms with Gasteiger partial charge in [-0.2, -0.15) is 0 Å². The molecule has 0 radical (unpaired) electrons. The number of hydrogen-bond donors (Lipinski definition) is 0. The summed E-state index contributed by atoms with van der Waals surface area (Å²) in [5.74, 6) is 4.22. The van der Waals surface area contributed by atoms with Crippen molar-refractivity contribution in [3.8, 4) is 0 Å². The summed E-state index contributed by atoms with van der Waals surface area (Å²) in [5, 5.41) is 0. The van der Waals surface area contributed by atoms with Gasteiger partial charge in [-0.1, -0.05) is 59.3 Å². The quantitative estimate of drug-likeness (QED) is 0.389. The molecule has 0 aliphatic heterocycles. The van der Waals surface area contributed by atoms with E-state index in [1.165, 1.54) is 76.2 Å². The van der Waals surface area contributed by atoms with Crippen molar-refractivity contribution in [2.75, 3.05) is 0 Å². The lowest BCUT2D eigenvalue weighted by molar-refractivity contribution is -0.236. The lowest BCUT2D eigenvalue weighted by Crippen LogP contribution is -2.65. The number of fused-ring (bicyclic) bond motifs is 7. The maximum absolute atomic E-state index is 4.53. The van der Waals surface area contributed by atoms with Crippen LogP contribution in [0.5, 0.6) is 0 Å². The molecule has 0 spiro atoms. The summed E-state index contributed by atoms with van der Waals surface area (Å²) in [6.45, 7) is 24.7. The van der Waals surface area contributed by atoms with Gasteiger partial charge in [0.25, 0.3) is 0 Å². The molecule has 5 fully saturated rings. The highest BCUT2D eigenvalue weighted by Crippen LogP contribution is 2.78. The first-order valence-corrected chi connectivity index (χ1v) is 13.8. The first-order valence-electron chi connectivity index (χ1n) is 13.8. The predicted molar refractivity (Wildman–Crippen MR) is 134 cm³/mol. The topological polar surface area (TPSA) is 0 Å². The molecule has 5 saturated carbocycles. The van der Waals surface area contributed by atoms with Gasteiger partial charge in [0.15, 0.2) is 0 Å². The highest BCUT2D eigenvalue weighted by Gasteiger charge is 2.70. The molecular formula is C31H50. The summed E-state index contributed by atoms with van der Waals surface area (Å²) < 4.78 is 0. The summed E-state index contributed by atoms with van der Waals surface area (Å²) in [4.78, 5) is 0. The van der Waals surface area contributed by atoms with Gasteiger partial charge in [0.05, 0.1) is 0 Å². The Hall–Kier alpha value is -0.520. The first-order chi connectivity index (χ1) is 14.5. The largest absolute Gasteiger partial charge is 0.103 e. The molecule has 0 aromatic carbocycles. The second-order valence-electron chi connectivity index (χ2n) is 14.4. The highest BCUT2D eigenvalue weighted by atomic mass is 14.7. The molecule has 0 aromatic heterocycles. The Labute approximate surface area is 193 Å². The van der Waals surface area contributed by atoms with Gasteiger partial charge in [0.1, 0.15) is 0 Å². The van der Waals surface area contributed by atoms with Gasteiger partial charge < -0.3 is 0 Å². The van der Waals surface area contributed by atoms with Gasteiger partial charge in [-0.3, -0.25) is 0 Å². The summed E-state index contributed by atoms with van der Waals surface area (Å²) in [7, 11) is 0. The molecule has 174 valence electrons. The molecule has 5 rings (SSSR count). The van der Waals surface area contributed by atoms with E-state index >= 15 is 0 Å². The van der Waals surface area contributed by atoms with Crippen LogP contribution in [0.3, 0.4) is 0 Å². The van der Waals surface area contributed by atoms with Gasteiger partial charge in [-0.25, -0.2) is 0 Å². The zero-order valence-electron chi connectivity index (χ0n) is 21.7. The lowest BCUT2D eigenvalue weighted by Gasteiger charge is -2.73. The molecule has 5 aliphatic carbocycles. The van der Waals surface area contributed by atoms with Crippen LogP contribution in [0.1, 0.15) is 112 Å². The van der Waals surface area contributed by atoms with Crippen LogP contribution in [-0.4, -0.2) is 0 Å². The molecule has 0 amide bonds. The standard InChI is InChI=1S/C31H50/c1-9-31-20-13-22(21(2)3)23(31)14-18-30(8)26(31)12-11-25-28(6)17-10-16-27(4,5)24(28)15-19-29(25,30)7/h9,22-26H,1-2,10-20H2,3-8H3/t22-,23+,24+,25-,26+,28+,29-,30-,31+/m1/s1. The molecule has 31 heavy (non-hydrogen) atoms. The Bertz CT molecular complexity index is 773. The molecule has 0 saturated heterocycles. The normalized spacial score (nSPS) is 55.4. The maximum Gasteiger partial charge on any atom is -0.00531 e. The second-order valence-corrected chi connectivity index (χ2v) is 14.4. The average Bonchev–Trinajstić information content (AvgIpc) is 3.08. The van der Waals surface area contributed by atoms with E-state index in [0.717, 1.165) is 29.6 Å². The number of hydrogen-bond acceptors (Lipinski definition) is 0. The Morgan fingerprint density at radius 2 is 1.39 bits per heavy atom. The smallest absolute Gasteiger partial charge is 0.00531 e. The molecule has 0 heteroatoms. The van der Waals surface area contributed by atoms with Crippen LogP contribution in [0.15, 0.2) is 24.8 Å². The Morgan fingerprint density at radius 1 is 0.742 bits per heavy atom. The third-order valence-electron chi connectivity index (χ3n) is 13.3. The van der Waals surface area contributed by atoms with Crippen LogP contribution in [0.2, 0.25) is 0 Å². The number of rotatable bonds is 2. The van der Waals surface area contributed by atoms with Crippen molar-refractivity contribution in [1.82, 2.24) is 0 Å². The van der Waals surface area contributed by atoms with Gasteiger partial charge in [0.2, 0.25) is 0 Å². The van der Waals surface area contributed by atoms with Crippen LogP contribution in [0.4, 0.5) is 0 Å². The lowest BCUT2D eigenvalue weighted by atomic mass is 9.32. The first kappa shape index (κ1) is 22.3. The van der Waals surface area contributed by atoms with Crippen molar-refractivity contribution in [3.63, 3.8) is 0 Å². The van der Waals surface area contributed by atoms with Crippen LogP contribution in [-0.2, 0) is 0 Å². The molecule has 5 aliphatic rings. The molecule has 0 N–H and O–H groups in total.